The molecular weight excluding hydrogens is 395 g/mol. The molecule has 2 heterocycles. The number of nitrogens with one attached hydrogen (secondary N) is 1. The summed E-state index contributed by atoms with van der Waals surface area (Å²) in [5.74, 6) is -1.22. The first-order chi connectivity index (χ1) is 13.1. The Balaban J connectivity index is 1.58. The van der Waals surface area contributed by atoms with Crippen LogP contribution in [0.15, 0.2) is 34.8 Å². The van der Waals surface area contributed by atoms with Crippen molar-refractivity contribution >= 4 is 40.1 Å². The van der Waals surface area contributed by atoms with Crippen LogP contribution in [0, 0.1) is 5.82 Å². The van der Waals surface area contributed by atoms with E-state index in [0.717, 1.165) is 23.1 Å². The average Bonchev–Trinajstić information content (AvgIpc) is 3.30. The summed E-state index contributed by atoms with van der Waals surface area (Å²) in [7, 11) is 0. The zero-order valence-corrected chi connectivity index (χ0v) is 15.6. The number of halogens is 1. The van der Waals surface area contributed by atoms with Crippen LogP contribution in [0.2, 0.25) is 0 Å². The molecule has 0 saturated heterocycles. The molecule has 0 unspecified atom stereocenters. The summed E-state index contributed by atoms with van der Waals surface area (Å²) in [5.41, 5.74) is 0.716. The second-order valence-electron chi connectivity index (χ2n) is 4.94. The van der Waals surface area contributed by atoms with Gasteiger partial charge in [0.1, 0.15) is 5.82 Å². The molecule has 0 radical (unpaired) electrons. The van der Waals surface area contributed by atoms with E-state index in [-0.39, 0.29) is 29.8 Å². The lowest BCUT2D eigenvalue weighted by atomic mass is 10.3. The summed E-state index contributed by atoms with van der Waals surface area (Å²) in [5, 5.41) is 16.1. The molecule has 2 aromatic heterocycles. The monoisotopic (exact) mass is 408 g/mol. The third-order valence-electron chi connectivity index (χ3n) is 3.08. The smallest absolute Gasteiger partial charge is 0.357 e. The highest BCUT2D eigenvalue weighted by molar-refractivity contribution is 7.99. The van der Waals surface area contributed by atoms with Crippen LogP contribution in [0.5, 0.6) is 0 Å². The number of tetrazole rings is 1. The van der Waals surface area contributed by atoms with Gasteiger partial charge in [0.15, 0.2) is 10.8 Å². The molecule has 3 rings (SSSR count). The second kappa shape index (κ2) is 8.68. The van der Waals surface area contributed by atoms with Gasteiger partial charge in [-0.1, -0.05) is 11.8 Å². The lowest BCUT2D eigenvalue weighted by Crippen LogP contribution is -2.15. The highest BCUT2D eigenvalue weighted by atomic mass is 32.2. The van der Waals surface area contributed by atoms with Gasteiger partial charge in [-0.25, -0.2) is 14.2 Å². The maximum Gasteiger partial charge on any atom is 0.357 e. The minimum absolute atomic E-state index is 0.0237. The van der Waals surface area contributed by atoms with Gasteiger partial charge in [-0.3, -0.25) is 4.79 Å². The van der Waals surface area contributed by atoms with Crippen molar-refractivity contribution in [3.05, 3.63) is 41.2 Å². The van der Waals surface area contributed by atoms with Gasteiger partial charge in [-0.2, -0.15) is 4.68 Å². The summed E-state index contributed by atoms with van der Waals surface area (Å²) in [6, 6.07) is 5.65. The predicted octanol–water partition coefficient (Wildman–Crippen LogP) is 2.17. The first kappa shape index (κ1) is 18.9. The zero-order valence-electron chi connectivity index (χ0n) is 14.0. The Morgan fingerprint density at radius 3 is 2.85 bits per heavy atom. The minimum Gasteiger partial charge on any atom is -0.461 e. The molecule has 0 saturated carbocycles. The highest BCUT2D eigenvalue weighted by Crippen LogP contribution is 2.20. The van der Waals surface area contributed by atoms with Crippen LogP contribution in [0.25, 0.3) is 5.69 Å². The van der Waals surface area contributed by atoms with E-state index in [1.165, 1.54) is 34.3 Å². The number of hydrogen-bond donors (Lipinski definition) is 1. The molecular formula is C15H13FN6O3S2. The Morgan fingerprint density at radius 1 is 1.33 bits per heavy atom. The van der Waals surface area contributed by atoms with Crippen molar-refractivity contribution in [1.29, 1.82) is 0 Å². The molecule has 0 aliphatic rings. The first-order valence-corrected chi connectivity index (χ1v) is 9.53. The Kier molecular flexibility index (Phi) is 6.08. The molecule has 27 heavy (non-hydrogen) atoms. The molecule has 3 aromatic rings. The van der Waals surface area contributed by atoms with Crippen molar-refractivity contribution in [2.45, 2.75) is 12.1 Å². The number of benzene rings is 1. The Hall–Kier alpha value is -2.86. The van der Waals surface area contributed by atoms with E-state index in [1.54, 1.807) is 6.92 Å². The quantitative estimate of drug-likeness (QED) is 0.468. The maximum atomic E-state index is 13.0. The fraction of sp³-hybridized carbons (Fsp3) is 0.200. The van der Waals surface area contributed by atoms with E-state index in [9.17, 15) is 14.0 Å². The van der Waals surface area contributed by atoms with E-state index in [1.807, 2.05) is 0 Å². The molecule has 0 spiro atoms. The van der Waals surface area contributed by atoms with Gasteiger partial charge in [0.25, 0.3) is 0 Å². The number of rotatable bonds is 7. The summed E-state index contributed by atoms with van der Waals surface area (Å²) in [6.07, 6.45) is 0. The highest BCUT2D eigenvalue weighted by Gasteiger charge is 2.15. The minimum atomic E-state index is -0.540. The van der Waals surface area contributed by atoms with Crippen molar-refractivity contribution in [3.8, 4) is 5.69 Å². The van der Waals surface area contributed by atoms with Gasteiger partial charge in [-0.15, -0.1) is 16.4 Å². The summed E-state index contributed by atoms with van der Waals surface area (Å²) >= 11 is 2.23. The molecule has 0 aliphatic carbocycles. The maximum absolute atomic E-state index is 13.0. The first-order valence-electron chi connectivity index (χ1n) is 7.66. The van der Waals surface area contributed by atoms with Crippen molar-refractivity contribution in [1.82, 2.24) is 25.2 Å². The van der Waals surface area contributed by atoms with Crippen LogP contribution in [-0.2, 0) is 9.53 Å². The Bertz CT molecular complexity index is 943. The van der Waals surface area contributed by atoms with Gasteiger partial charge in [-0.05, 0) is 41.6 Å². The number of thioether (sulfide) groups is 1. The molecule has 0 aliphatic heterocycles. The third-order valence-corrected chi connectivity index (χ3v) is 4.76. The number of esters is 1. The molecule has 12 heteroatoms. The topological polar surface area (TPSA) is 112 Å². The van der Waals surface area contributed by atoms with E-state index >= 15 is 0 Å². The molecule has 0 fully saturated rings. The van der Waals surface area contributed by atoms with E-state index in [4.69, 9.17) is 4.74 Å². The second-order valence-corrected chi connectivity index (χ2v) is 6.75. The normalized spacial score (nSPS) is 10.6. The Morgan fingerprint density at radius 2 is 2.11 bits per heavy atom. The predicted molar refractivity (Wildman–Crippen MR) is 96.5 cm³/mol. The van der Waals surface area contributed by atoms with Crippen LogP contribution < -0.4 is 5.32 Å². The summed E-state index contributed by atoms with van der Waals surface area (Å²) in [4.78, 5) is 27.7. The molecule has 1 N–H and O–H groups in total. The number of thiazole rings is 1. The van der Waals surface area contributed by atoms with Gasteiger partial charge < -0.3 is 10.1 Å². The molecule has 140 valence electrons. The van der Waals surface area contributed by atoms with Gasteiger partial charge in [0.2, 0.25) is 11.1 Å². The van der Waals surface area contributed by atoms with Crippen LogP contribution in [0.3, 0.4) is 0 Å². The van der Waals surface area contributed by atoms with Crippen molar-refractivity contribution in [2.24, 2.45) is 0 Å². The lowest BCUT2D eigenvalue weighted by Gasteiger charge is -2.04. The number of amides is 1. The average molecular weight is 408 g/mol. The molecule has 0 atom stereocenters. The van der Waals surface area contributed by atoms with Crippen LogP contribution >= 0.6 is 23.1 Å². The largest absolute Gasteiger partial charge is 0.461 e. The number of hydrogen-bond acceptors (Lipinski definition) is 9. The van der Waals surface area contributed by atoms with Gasteiger partial charge >= 0.3 is 5.97 Å². The lowest BCUT2D eigenvalue weighted by molar-refractivity contribution is -0.113. The van der Waals surface area contributed by atoms with Crippen LogP contribution in [0.1, 0.15) is 17.4 Å². The van der Waals surface area contributed by atoms with Crippen molar-refractivity contribution in [2.75, 3.05) is 17.7 Å². The zero-order chi connectivity index (χ0) is 19.2. The van der Waals surface area contributed by atoms with Crippen molar-refractivity contribution in [3.63, 3.8) is 0 Å². The number of carbonyl (C=O) groups is 2. The number of anilines is 1. The van der Waals surface area contributed by atoms with Crippen LogP contribution in [0.4, 0.5) is 9.52 Å². The number of aromatic nitrogens is 5. The number of carbonyl (C=O) groups excluding carboxylic acids is 2. The van der Waals surface area contributed by atoms with E-state index < -0.39 is 5.97 Å². The molecule has 1 aromatic carbocycles. The van der Waals surface area contributed by atoms with Crippen molar-refractivity contribution < 1.29 is 18.7 Å². The Labute approximate surface area is 160 Å². The van der Waals surface area contributed by atoms with E-state index in [0.29, 0.717) is 16.0 Å². The third kappa shape index (κ3) is 4.86. The number of nitrogens with zero attached hydrogens (tertiary/aromatic N) is 5. The molecule has 0 bridgehead atoms. The fourth-order valence-corrected chi connectivity index (χ4v) is 3.32. The summed E-state index contributed by atoms with van der Waals surface area (Å²) < 4.78 is 19.3. The fourth-order valence-electron chi connectivity index (χ4n) is 1.93. The SMILES string of the molecule is CCOC(=O)c1csc(NC(=O)CSc2nnnn2-c2ccc(F)cc2)n1. The van der Waals surface area contributed by atoms with E-state index in [2.05, 4.69) is 25.8 Å². The van der Waals surface area contributed by atoms with Gasteiger partial charge in [0, 0.05) is 5.38 Å². The molecule has 1 amide bonds. The van der Waals surface area contributed by atoms with Gasteiger partial charge in [0.05, 0.1) is 18.0 Å². The summed E-state index contributed by atoms with van der Waals surface area (Å²) in [6.45, 7) is 1.95. The molecule has 9 nitrogen and oxygen atoms in total. The van der Waals surface area contributed by atoms with Crippen LogP contribution in [-0.4, -0.2) is 49.4 Å². The standard InChI is InChI=1S/C15H13FN6O3S2/c1-2-25-13(24)11-7-26-14(17-11)18-12(23)8-27-15-19-20-21-22(15)10-5-3-9(16)4-6-10/h3-7H,2,8H2,1H3,(H,17,18,23). The number of ether oxygens (including phenoxy) is 1.